The number of nitrogens with two attached hydrogens (primary N) is 1. The molecule has 0 aliphatic heterocycles. The smallest absolute Gasteiger partial charge is 0.237 e. The van der Waals surface area contributed by atoms with Gasteiger partial charge in [0.25, 0.3) is 0 Å². The van der Waals surface area contributed by atoms with Crippen molar-refractivity contribution in [1.29, 1.82) is 0 Å². The summed E-state index contributed by atoms with van der Waals surface area (Å²) in [5.74, 6) is 0.111. The molecule has 0 aliphatic carbocycles. The number of likely N-dealkylation sites (N-methyl/N-ethyl adjacent to an activating group) is 1. The van der Waals surface area contributed by atoms with Gasteiger partial charge < -0.3 is 11.1 Å². The van der Waals surface area contributed by atoms with Crippen LogP contribution in [-0.4, -0.2) is 43.0 Å². The summed E-state index contributed by atoms with van der Waals surface area (Å²) in [6.45, 7) is 7.59. The lowest BCUT2D eigenvalue weighted by atomic mass is 10.1. The summed E-state index contributed by atoms with van der Waals surface area (Å²) in [5.41, 5.74) is 5.51. The van der Waals surface area contributed by atoms with E-state index in [1.807, 2.05) is 14.0 Å². The molecule has 0 aromatic carbocycles. The number of carbonyl (C=O) groups excluding carboxylic acids is 1. The van der Waals surface area contributed by atoms with E-state index in [4.69, 9.17) is 5.73 Å². The molecule has 0 heterocycles. The molecule has 2 atom stereocenters. The Kier molecular flexibility index (Phi) is 8.21. The molecular formula is C12H27N3O. The molecule has 2 unspecified atom stereocenters. The lowest BCUT2D eigenvalue weighted by Gasteiger charge is -2.29. The van der Waals surface area contributed by atoms with Crippen LogP contribution in [0.4, 0.5) is 0 Å². The molecule has 4 nitrogen and oxygen atoms in total. The van der Waals surface area contributed by atoms with Crippen molar-refractivity contribution in [1.82, 2.24) is 10.2 Å². The van der Waals surface area contributed by atoms with E-state index in [0.717, 1.165) is 25.8 Å². The van der Waals surface area contributed by atoms with E-state index in [-0.39, 0.29) is 11.9 Å². The molecule has 0 saturated heterocycles. The molecule has 1 amide bonds. The lowest BCUT2D eigenvalue weighted by Crippen LogP contribution is -2.47. The van der Waals surface area contributed by atoms with Gasteiger partial charge in [-0.15, -0.1) is 0 Å². The van der Waals surface area contributed by atoms with Crippen LogP contribution in [0.3, 0.4) is 0 Å². The van der Waals surface area contributed by atoms with Crippen molar-refractivity contribution < 1.29 is 4.79 Å². The Bertz CT molecular complexity index is 197. The van der Waals surface area contributed by atoms with E-state index >= 15 is 0 Å². The van der Waals surface area contributed by atoms with Crippen molar-refractivity contribution in [3.8, 4) is 0 Å². The van der Waals surface area contributed by atoms with Crippen LogP contribution in [0.2, 0.25) is 0 Å². The van der Waals surface area contributed by atoms with Gasteiger partial charge in [0, 0.05) is 12.6 Å². The zero-order valence-electron chi connectivity index (χ0n) is 11.1. The maximum Gasteiger partial charge on any atom is 0.237 e. The van der Waals surface area contributed by atoms with Crippen LogP contribution in [-0.2, 0) is 4.79 Å². The number of carbonyl (C=O) groups is 1. The first kappa shape index (κ1) is 15.4. The van der Waals surface area contributed by atoms with Crippen LogP contribution >= 0.6 is 0 Å². The molecule has 0 aromatic rings. The predicted molar refractivity (Wildman–Crippen MR) is 68.3 cm³/mol. The number of rotatable bonds is 8. The Morgan fingerprint density at radius 1 is 1.44 bits per heavy atom. The van der Waals surface area contributed by atoms with Gasteiger partial charge in [-0.3, -0.25) is 9.69 Å². The van der Waals surface area contributed by atoms with Crippen LogP contribution in [0, 0.1) is 0 Å². The Morgan fingerprint density at radius 3 is 2.56 bits per heavy atom. The van der Waals surface area contributed by atoms with Crippen molar-refractivity contribution in [2.24, 2.45) is 5.73 Å². The molecule has 0 fully saturated rings. The monoisotopic (exact) mass is 229 g/mol. The van der Waals surface area contributed by atoms with Crippen LogP contribution in [0.15, 0.2) is 0 Å². The zero-order chi connectivity index (χ0) is 12.6. The molecule has 0 radical (unpaired) electrons. The summed E-state index contributed by atoms with van der Waals surface area (Å²) >= 11 is 0. The number of hydrogen-bond acceptors (Lipinski definition) is 3. The van der Waals surface area contributed by atoms with E-state index in [0.29, 0.717) is 12.6 Å². The highest BCUT2D eigenvalue weighted by atomic mass is 16.2. The van der Waals surface area contributed by atoms with Gasteiger partial charge in [0.05, 0.1) is 6.04 Å². The first-order chi connectivity index (χ1) is 7.54. The minimum atomic E-state index is -0.0848. The number of amides is 1. The molecule has 0 spiro atoms. The van der Waals surface area contributed by atoms with Gasteiger partial charge in [0.2, 0.25) is 5.91 Å². The van der Waals surface area contributed by atoms with Crippen LogP contribution in [0.25, 0.3) is 0 Å². The molecule has 0 aromatic heterocycles. The maximum atomic E-state index is 11.8. The number of nitrogens with one attached hydrogen (secondary N) is 1. The summed E-state index contributed by atoms with van der Waals surface area (Å²) in [6.07, 6.45) is 3.07. The van der Waals surface area contributed by atoms with Crippen molar-refractivity contribution in [3.05, 3.63) is 0 Å². The van der Waals surface area contributed by atoms with Crippen LogP contribution < -0.4 is 11.1 Å². The molecule has 0 saturated carbocycles. The van der Waals surface area contributed by atoms with Gasteiger partial charge in [-0.1, -0.05) is 13.3 Å². The Morgan fingerprint density at radius 2 is 2.06 bits per heavy atom. The average Bonchev–Trinajstić information content (AvgIpc) is 2.27. The van der Waals surface area contributed by atoms with Crippen LogP contribution in [0.5, 0.6) is 0 Å². The van der Waals surface area contributed by atoms with Gasteiger partial charge >= 0.3 is 0 Å². The van der Waals surface area contributed by atoms with Gasteiger partial charge in [-0.05, 0) is 40.3 Å². The average molecular weight is 229 g/mol. The molecule has 16 heavy (non-hydrogen) atoms. The summed E-state index contributed by atoms with van der Waals surface area (Å²) in [4.78, 5) is 13.9. The second kappa shape index (κ2) is 8.53. The molecule has 96 valence electrons. The largest absolute Gasteiger partial charge is 0.355 e. The Balaban J connectivity index is 4.00. The highest BCUT2D eigenvalue weighted by Crippen LogP contribution is 2.05. The summed E-state index contributed by atoms with van der Waals surface area (Å²) in [5, 5.41) is 2.95. The van der Waals surface area contributed by atoms with Gasteiger partial charge in [-0.2, -0.15) is 0 Å². The van der Waals surface area contributed by atoms with E-state index < -0.39 is 0 Å². The van der Waals surface area contributed by atoms with Crippen molar-refractivity contribution >= 4 is 5.91 Å². The minimum absolute atomic E-state index is 0.0848. The molecule has 3 N–H and O–H groups in total. The van der Waals surface area contributed by atoms with E-state index in [2.05, 4.69) is 24.1 Å². The standard InChI is InChI=1S/C12H27N3O/c1-5-6-9-14-12(16)11(3)15(4)10(2)7-8-13/h10-11H,5-9,13H2,1-4H3,(H,14,16). The number of nitrogens with zero attached hydrogens (tertiary/aromatic N) is 1. The summed E-state index contributed by atoms with van der Waals surface area (Å²) in [6, 6.07) is 0.260. The second-order valence-corrected chi connectivity index (χ2v) is 4.41. The highest BCUT2D eigenvalue weighted by Gasteiger charge is 2.21. The van der Waals surface area contributed by atoms with Gasteiger partial charge in [0.15, 0.2) is 0 Å². The molecule has 0 rings (SSSR count). The fourth-order valence-corrected chi connectivity index (χ4v) is 1.55. The SMILES string of the molecule is CCCCNC(=O)C(C)N(C)C(C)CCN. The van der Waals surface area contributed by atoms with Gasteiger partial charge in [-0.25, -0.2) is 0 Å². The predicted octanol–water partition coefficient (Wildman–Crippen LogP) is 0.960. The second-order valence-electron chi connectivity index (χ2n) is 4.41. The van der Waals surface area contributed by atoms with E-state index in [1.54, 1.807) is 0 Å². The van der Waals surface area contributed by atoms with Crippen molar-refractivity contribution in [2.75, 3.05) is 20.1 Å². The van der Waals surface area contributed by atoms with Crippen molar-refractivity contribution in [2.45, 2.75) is 52.1 Å². The molecule has 4 heteroatoms. The molecular weight excluding hydrogens is 202 g/mol. The number of hydrogen-bond donors (Lipinski definition) is 2. The normalized spacial score (nSPS) is 14.9. The summed E-state index contributed by atoms with van der Waals surface area (Å²) < 4.78 is 0. The quantitative estimate of drug-likeness (QED) is 0.610. The van der Waals surface area contributed by atoms with Crippen molar-refractivity contribution in [3.63, 3.8) is 0 Å². The first-order valence-electron chi connectivity index (χ1n) is 6.24. The lowest BCUT2D eigenvalue weighted by molar-refractivity contribution is -0.126. The summed E-state index contributed by atoms with van der Waals surface area (Å²) in [7, 11) is 1.98. The van der Waals surface area contributed by atoms with E-state index in [9.17, 15) is 4.79 Å². The maximum absolute atomic E-state index is 11.8. The minimum Gasteiger partial charge on any atom is -0.355 e. The van der Waals surface area contributed by atoms with E-state index in [1.165, 1.54) is 0 Å². The Hall–Kier alpha value is -0.610. The first-order valence-corrected chi connectivity index (χ1v) is 6.24. The third-order valence-electron chi connectivity index (χ3n) is 3.10. The fourth-order valence-electron chi connectivity index (χ4n) is 1.55. The molecule has 0 bridgehead atoms. The van der Waals surface area contributed by atoms with Crippen LogP contribution in [0.1, 0.15) is 40.0 Å². The molecule has 0 aliphatic rings. The topological polar surface area (TPSA) is 58.4 Å². The Labute approximate surface area is 99.6 Å². The highest BCUT2D eigenvalue weighted by molar-refractivity contribution is 5.81. The number of unbranched alkanes of at least 4 members (excludes halogenated alkanes) is 1. The third-order valence-corrected chi connectivity index (χ3v) is 3.10. The fraction of sp³-hybridized carbons (Fsp3) is 0.917. The zero-order valence-corrected chi connectivity index (χ0v) is 11.1. The third kappa shape index (κ3) is 5.47. The van der Waals surface area contributed by atoms with Gasteiger partial charge in [0.1, 0.15) is 0 Å².